The van der Waals surface area contributed by atoms with Gasteiger partial charge in [0.05, 0.1) is 0 Å². The first-order chi connectivity index (χ1) is 8.59. The Morgan fingerprint density at radius 3 is 2.19 bits per heavy atom. The standard InChI is InChI=1S/C12H15Si.C5H5.2ClH.Zr/c1-13(2,3)12-9-8-10-6-4-5-7-11(10)12;1-2-4-5-3-1;;;/h4-9H,1-3H3;1-3H,4H2;2*1H;/q2*-1;;;+2/p-2. The third-order valence-electron chi connectivity index (χ3n) is 3.07. The SMILES string of the molecule is C[Si](C)(C)[c-]1ccc2ccccc21.[C-]1=CC=CC1.[Cl-].[Cl-].[Zr+2]. The van der Waals surface area contributed by atoms with E-state index in [1.165, 1.54) is 10.8 Å². The number of benzene rings is 1. The van der Waals surface area contributed by atoms with Crippen molar-refractivity contribution in [2.45, 2.75) is 26.1 Å². The zero-order chi connectivity index (χ0) is 13.0. The molecule has 2 aromatic carbocycles. The summed E-state index contributed by atoms with van der Waals surface area (Å²) in [4.78, 5) is 0. The molecule has 0 amide bonds. The number of fused-ring (bicyclic) bond motifs is 1. The minimum absolute atomic E-state index is 0. The quantitative estimate of drug-likeness (QED) is 0.390. The van der Waals surface area contributed by atoms with Crippen molar-refractivity contribution < 1.29 is 51.0 Å². The third kappa shape index (κ3) is 6.74. The van der Waals surface area contributed by atoms with E-state index in [0.717, 1.165) is 6.42 Å². The molecule has 0 aliphatic heterocycles. The second-order valence-corrected chi connectivity index (χ2v) is 10.6. The van der Waals surface area contributed by atoms with Gasteiger partial charge in [-0.15, -0.1) is 40.6 Å². The van der Waals surface area contributed by atoms with Crippen molar-refractivity contribution in [1.29, 1.82) is 0 Å². The fraction of sp³-hybridized carbons (Fsp3) is 0.235. The Hall–Kier alpha value is -0.01000. The maximum absolute atomic E-state index is 2.99. The minimum atomic E-state index is -1.15. The van der Waals surface area contributed by atoms with E-state index in [2.05, 4.69) is 68.2 Å². The molecular formula is C17H20Cl2SiZr-2. The van der Waals surface area contributed by atoms with Crippen LogP contribution < -0.4 is 30.0 Å². The van der Waals surface area contributed by atoms with Gasteiger partial charge in [0.2, 0.25) is 0 Å². The van der Waals surface area contributed by atoms with E-state index in [-0.39, 0.29) is 51.0 Å². The monoisotopic (exact) mass is 412 g/mol. The van der Waals surface area contributed by atoms with Crippen LogP contribution in [-0.2, 0) is 26.2 Å². The predicted molar refractivity (Wildman–Crippen MR) is 84.1 cm³/mol. The van der Waals surface area contributed by atoms with Crippen molar-refractivity contribution in [3.05, 3.63) is 60.7 Å². The van der Waals surface area contributed by atoms with Gasteiger partial charge in [-0.1, -0.05) is 25.7 Å². The van der Waals surface area contributed by atoms with E-state index in [1.54, 1.807) is 5.19 Å². The van der Waals surface area contributed by atoms with Gasteiger partial charge in [0.25, 0.3) is 0 Å². The zero-order valence-corrected chi connectivity index (χ0v) is 17.6. The van der Waals surface area contributed by atoms with Crippen molar-refractivity contribution in [2.75, 3.05) is 0 Å². The molecule has 2 aromatic rings. The predicted octanol–water partition coefficient (Wildman–Crippen LogP) is -1.58. The maximum atomic E-state index is 2.99. The summed E-state index contributed by atoms with van der Waals surface area (Å²) in [5.41, 5.74) is 0. The molecule has 0 fully saturated rings. The zero-order valence-electron chi connectivity index (χ0n) is 12.7. The molecule has 0 saturated heterocycles. The molecule has 0 unspecified atom stereocenters. The maximum Gasteiger partial charge on any atom is 2.00 e. The van der Waals surface area contributed by atoms with Gasteiger partial charge < -0.3 is 24.8 Å². The fourth-order valence-corrected chi connectivity index (χ4v) is 3.76. The van der Waals surface area contributed by atoms with Crippen molar-refractivity contribution in [2.24, 2.45) is 0 Å². The van der Waals surface area contributed by atoms with Crippen molar-refractivity contribution >= 4 is 24.0 Å². The van der Waals surface area contributed by atoms with Gasteiger partial charge >= 0.3 is 26.2 Å². The van der Waals surface area contributed by atoms with Crippen LogP contribution in [0.3, 0.4) is 0 Å². The summed E-state index contributed by atoms with van der Waals surface area (Å²) in [5.74, 6) is 0. The molecule has 1 aliphatic rings. The summed E-state index contributed by atoms with van der Waals surface area (Å²) < 4.78 is 0. The smallest absolute Gasteiger partial charge is 1.00 e. The average molecular weight is 415 g/mol. The topological polar surface area (TPSA) is 0 Å². The largest absolute Gasteiger partial charge is 2.00 e. The summed E-state index contributed by atoms with van der Waals surface area (Å²) in [6.07, 6.45) is 10.0. The Labute approximate surface area is 161 Å². The molecule has 4 heteroatoms. The van der Waals surface area contributed by atoms with Gasteiger partial charge in [-0.25, -0.2) is 12.2 Å². The van der Waals surface area contributed by atoms with Gasteiger partial charge in [0.1, 0.15) is 0 Å². The van der Waals surface area contributed by atoms with E-state index >= 15 is 0 Å². The molecule has 3 rings (SSSR count). The number of halogens is 2. The fourth-order valence-electron chi connectivity index (χ4n) is 2.14. The van der Waals surface area contributed by atoms with Crippen LogP contribution in [-0.4, -0.2) is 8.07 Å². The molecule has 0 radical (unpaired) electrons. The van der Waals surface area contributed by atoms with E-state index in [1.807, 2.05) is 12.2 Å². The van der Waals surface area contributed by atoms with Crippen LogP contribution in [0.4, 0.5) is 0 Å². The first-order valence-corrected chi connectivity index (χ1v) is 9.96. The molecular weight excluding hydrogens is 394 g/mol. The van der Waals surface area contributed by atoms with Crippen LogP contribution in [0.15, 0.2) is 54.6 Å². The average Bonchev–Trinajstić information content (AvgIpc) is 3.01. The molecule has 0 bridgehead atoms. The Morgan fingerprint density at radius 2 is 1.71 bits per heavy atom. The van der Waals surface area contributed by atoms with Crippen molar-refractivity contribution in [3.63, 3.8) is 0 Å². The molecule has 112 valence electrons. The van der Waals surface area contributed by atoms with Crippen LogP contribution in [0.2, 0.25) is 19.6 Å². The normalized spacial score (nSPS) is 11.8. The van der Waals surface area contributed by atoms with Crippen molar-refractivity contribution in [3.8, 4) is 0 Å². The molecule has 0 atom stereocenters. The van der Waals surface area contributed by atoms with E-state index in [9.17, 15) is 0 Å². The molecule has 0 spiro atoms. The van der Waals surface area contributed by atoms with Crippen LogP contribution in [0, 0.1) is 6.08 Å². The Kier molecular flexibility index (Phi) is 11.8. The summed E-state index contributed by atoms with van der Waals surface area (Å²) in [7, 11) is -1.15. The molecule has 0 heterocycles. The van der Waals surface area contributed by atoms with Gasteiger partial charge in [-0.05, 0) is 0 Å². The second kappa shape index (κ2) is 10.7. The van der Waals surface area contributed by atoms with Crippen LogP contribution in [0.5, 0.6) is 0 Å². The van der Waals surface area contributed by atoms with Crippen LogP contribution in [0.25, 0.3) is 10.8 Å². The minimum Gasteiger partial charge on any atom is -1.00 e. The molecule has 0 N–H and O–H groups in total. The first kappa shape index (κ1) is 23.3. The summed E-state index contributed by atoms with van der Waals surface area (Å²) in [6, 6.07) is 13.2. The summed E-state index contributed by atoms with van der Waals surface area (Å²) >= 11 is 0. The first-order valence-electron chi connectivity index (χ1n) is 6.46. The second-order valence-electron chi connectivity index (χ2n) is 5.59. The van der Waals surface area contributed by atoms with Gasteiger partial charge in [0, 0.05) is 8.07 Å². The van der Waals surface area contributed by atoms with Gasteiger partial charge in [-0.2, -0.15) is 18.2 Å². The molecule has 1 aliphatic carbocycles. The van der Waals surface area contributed by atoms with E-state index in [0.29, 0.717) is 0 Å². The molecule has 0 aromatic heterocycles. The number of hydrogen-bond donors (Lipinski definition) is 0. The molecule has 0 saturated carbocycles. The Balaban J connectivity index is 0. The molecule has 21 heavy (non-hydrogen) atoms. The van der Waals surface area contributed by atoms with Crippen LogP contribution in [0.1, 0.15) is 6.42 Å². The van der Waals surface area contributed by atoms with E-state index in [4.69, 9.17) is 0 Å². The number of allylic oxidation sites excluding steroid dienone is 4. The molecule has 0 nitrogen and oxygen atoms in total. The van der Waals surface area contributed by atoms with Crippen LogP contribution >= 0.6 is 0 Å². The number of hydrogen-bond acceptors (Lipinski definition) is 0. The van der Waals surface area contributed by atoms with Gasteiger partial charge in [-0.3, -0.25) is 6.08 Å². The Bertz CT molecular complexity index is 570. The third-order valence-corrected chi connectivity index (χ3v) is 5.13. The number of rotatable bonds is 1. The van der Waals surface area contributed by atoms with E-state index < -0.39 is 8.07 Å². The van der Waals surface area contributed by atoms with Crippen molar-refractivity contribution in [1.82, 2.24) is 0 Å². The summed E-state index contributed by atoms with van der Waals surface area (Å²) in [6.45, 7) is 7.19. The Morgan fingerprint density at radius 1 is 1.05 bits per heavy atom. The summed E-state index contributed by atoms with van der Waals surface area (Å²) in [5, 5.41) is 4.43. The van der Waals surface area contributed by atoms with Gasteiger partial charge in [0.15, 0.2) is 0 Å².